The Morgan fingerprint density at radius 1 is 1.12 bits per heavy atom. The molecule has 8 heteroatoms. The molecule has 1 N–H and O–H groups in total. The van der Waals surface area contributed by atoms with E-state index in [-0.39, 0.29) is 17.9 Å². The van der Waals surface area contributed by atoms with Crippen LogP contribution in [0.1, 0.15) is 38.2 Å². The molecule has 2 fully saturated rings. The Bertz CT molecular complexity index is 823. The van der Waals surface area contributed by atoms with E-state index in [0.29, 0.717) is 48.6 Å². The van der Waals surface area contributed by atoms with Crippen molar-refractivity contribution in [1.29, 1.82) is 0 Å². The predicted molar refractivity (Wildman–Crippen MR) is 129 cm³/mol. The van der Waals surface area contributed by atoms with Crippen LogP contribution in [0.2, 0.25) is 10.0 Å². The van der Waals surface area contributed by atoms with Crippen LogP contribution in [0.15, 0.2) is 24.3 Å². The summed E-state index contributed by atoms with van der Waals surface area (Å²) < 4.78 is 0. The highest BCUT2D eigenvalue weighted by atomic mass is 35.5. The molecular formula is C24H33Cl2N3O3. The van der Waals surface area contributed by atoms with Crippen molar-refractivity contribution in [1.82, 2.24) is 14.7 Å². The molecule has 6 nitrogen and oxygen atoms in total. The first-order valence-electron chi connectivity index (χ1n) is 11.4. The molecule has 2 aliphatic rings. The number of unbranched alkanes of at least 4 members (excludes halogenated alkanes) is 1. The van der Waals surface area contributed by atoms with Crippen molar-refractivity contribution in [2.45, 2.75) is 38.7 Å². The van der Waals surface area contributed by atoms with Crippen LogP contribution in [-0.4, -0.2) is 83.5 Å². The highest BCUT2D eigenvalue weighted by molar-refractivity contribution is 6.42. The maximum Gasteiger partial charge on any atom is 0.246 e. The average Bonchev–Trinajstić information content (AvgIpc) is 2.93. The molecule has 0 spiro atoms. The van der Waals surface area contributed by atoms with Crippen molar-refractivity contribution < 1.29 is 14.7 Å². The zero-order valence-corrected chi connectivity index (χ0v) is 20.2. The fourth-order valence-corrected chi connectivity index (χ4v) is 4.77. The maximum atomic E-state index is 12.6. The molecule has 2 heterocycles. The number of aliphatic hydroxyl groups excluding tert-OH is 1. The fourth-order valence-electron chi connectivity index (χ4n) is 4.46. The van der Waals surface area contributed by atoms with Gasteiger partial charge in [0.15, 0.2) is 0 Å². The van der Waals surface area contributed by atoms with Gasteiger partial charge in [-0.1, -0.05) is 36.2 Å². The number of carbonyl (C=O) groups excluding carboxylic acids is 2. The molecule has 2 atom stereocenters. The van der Waals surface area contributed by atoms with E-state index in [2.05, 4.69) is 11.8 Å². The normalized spacial score (nSPS) is 23.1. The number of aliphatic hydroxyl groups is 1. The summed E-state index contributed by atoms with van der Waals surface area (Å²) >= 11 is 11.9. The number of rotatable bonds is 7. The largest absolute Gasteiger partial charge is 0.392 e. The quantitative estimate of drug-likeness (QED) is 0.477. The molecule has 0 aliphatic carbocycles. The third kappa shape index (κ3) is 7.48. The van der Waals surface area contributed by atoms with E-state index >= 15 is 0 Å². The van der Waals surface area contributed by atoms with E-state index in [0.717, 1.165) is 44.5 Å². The summed E-state index contributed by atoms with van der Waals surface area (Å²) in [4.78, 5) is 31.0. The number of benzene rings is 1. The second-order valence-corrected chi connectivity index (χ2v) is 9.74. The van der Waals surface area contributed by atoms with E-state index in [1.807, 2.05) is 4.90 Å². The standard InChI is InChI=1S/C24H33Cl2N3O3/c1-18-14-20(30)17-27(16-18)9-2-3-10-28-12-13-29(11-8-24(28)32)23(31)7-5-19-4-6-21(25)22(26)15-19/h4-7,15,18,20,30H,2-3,8-14,16-17H2,1H3/b7-5+/t18-,20+/m0/s1. The van der Waals surface area contributed by atoms with Gasteiger partial charge in [0.05, 0.1) is 16.1 Å². The smallest absolute Gasteiger partial charge is 0.246 e. The summed E-state index contributed by atoms with van der Waals surface area (Å²) in [5, 5.41) is 10.9. The van der Waals surface area contributed by atoms with E-state index < -0.39 is 0 Å². The minimum absolute atomic E-state index is 0.107. The zero-order chi connectivity index (χ0) is 23.1. The van der Waals surface area contributed by atoms with E-state index in [9.17, 15) is 14.7 Å². The minimum Gasteiger partial charge on any atom is -0.392 e. The van der Waals surface area contributed by atoms with Crippen molar-refractivity contribution in [3.8, 4) is 0 Å². The molecule has 0 bridgehead atoms. The molecule has 2 amide bonds. The molecule has 32 heavy (non-hydrogen) atoms. The highest BCUT2D eigenvalue weighted by Gasteiger charge is 2.24. The third-order valence-corrected chi connectivity index (χ3v) is 6.87. The molecular weight excluding hydrogens is 449 g/mol. The van der Waals surface area contributed by atoms with Gasteiger partial charge in [0.2, 0.25) is 11.8 Å². The number of amides is 2. The van der Waals surface area contributed by atoms with Crippen LogP contribution < -0.4 is 0 Å². The van der Waals surface area contributed by atoms with Gasteiger partial charge < -0.3 is 19.8 Å². The Labute approximate surface area is 200 Å². The number of carbonyl (C=O) groups is 2. The van der Waals surface area contributed by atoms with Crippen LogP contribution in [0.5, 0.6) is 0 Å². The lowest BCUT2D eigenvalue weighted by Crippen LogP contribution is -2.42. The van der Waals surface area contributed by atoms with Gasteiger partial charge in [-0.3, -0.25) is 9.59 Å². The molecule has 1 aromatic carbocycles. The topological polar surface area (TPSA) is 64.1 Å². The van der Waals surface area contributed by atoms with Crippen molar-refractivity contribution in [2.24, 2.45) is 5.92 Å². The van der Waals surface area contributed by atoms with Gasteiger partial charge >= 0.3 is 0 Å². The number of piperidine rings is 1. The van der Waals surface area contributed by atoms with Crippen LogP contribution in [0.4, 0.5) is 0 Å². The Morgan fingerprint density at radius 3 is 2.66 bits per heavy atom. The SMILES string of the molecule is C[C@H]1C[C@@H](O)CN(CCCCN2CCN(C(=O)/C=C/c3ccc(Cl)c(Cl)c3)CCC2=O)C1. The van der Waals surface area contributed by atoms with Gasteiger partial charge in [0, 0.05) is 51.8 Å². The van der Waals surface area contributed by atoms with Crippen LogP contribution >= 0.6 is 23.2 Å². The fraction of sp³-hybridized carbons (Fsp3) is 0.583. The molecule has 3 rings (SSSR count). The number of likely N-dealkylation sites (tertiary alicyclic amines) is 1. The van der Waals surface area contributed by atoms with E-state index in [4.69, 9.17) is 23.2 Å². The third-order valence-electron chi connectivity index (χ3n) is 6.13. The number of hydrogen-bond donors (Lipinski definition) is 1. The van der Waals surface area contributed by atoms with Crippen LogP contribution in [0, 0.1) is 5.92 Å². The molecule has 1 aromatic rings. The minimum atomic E-state index is -0.222. The van der Waals surface area contributed by atoms with Crippen LogP contribution in [0.3, 0.4) is 0 Å². The summed E-state index contributed by atoms with van der Waals surface area (Å²) in [5.74, 6) is 0.527. The van der Waals surface area contributed by atoms with Gasteiger partial charge in [0.1, 0.15) is 0 Å². The van der Waals surface area contributed by atoms with Gasteiger partial charge in [-0.25, -0.2) is 0 Å². The summed E-state index contributed by atoms with van der Waals surface area (Å²) in [6.45, 7) is 7.16. The Kier molecular flexibility index (Phi) is 9.41. The zero-order valence-electron chi connectivity index (χ0n) is 18.7. The molecule has 0 unspecified atom stereocenters. The molecule has 0 radical (unpaired) electrons. The lowest BCUT2D eigenvalue weighted by molar-refractivity contribution is -0.130. The highest BCUT2D eigenvalue weighted by Crippen LogP contribution is 2.23. The van der Waals surface area contributed by atoms with Crippen molar-refractivity contribution in [2.75, 3.05) is 45.8 Å². The Hall–Kier alpha value is -1.60. The van der Waals surface area contributed by atoms with Crippen molar-refractivity contribution in [3.63, 3.8) is 0 Å². The van der Waals surface area contributed by atoms with Crippen molar-refractivity contribution in [3.05, 3.63) is 39.9 Å². The van der Waals surface area contributed by atoms with Gasteiger partial charge in [0.25, 0.3) is 0 Å². The van der Waals surface area contributed by atoms with Gasteiger partial charge in [-0.05, 0) is 55.5 Å². The maximum absolute atomic E-state index is 12.6. The Balaban J connectivity index is 1.42. The average molecular weight is 482 g/mol. The lowest BCUT2D eigenvalue weighted by atomic mass is 9.98. The Morgan fingerprint density at radius 2 is 1.91 bits per heavy atom. The number of nitrogens with zero attached hydrogens (tertiary/aromatic N) is 3. The molecule has 0 saturated carbocycles. The second-order valence-electron chi connectivity index (χ2n) is 8.92. The first-order chi connectivity index (χ1) is 15.3. The van der Waals surface area contributed by atoms with E-state index in [1.165, 1.54) is 6.08 Å². The second kappa shape index (κ2) is 12.0. The first-order valence-corrected chi connectivity index (χ1v) is 12.2. The summed E-state index contributed by atoms with van der Waals surface area (Å²) in [7, 11) is 0. The molecule has 2 aliphatic heterocycles. The van der Waals surface area contributed by atoms with Gasteiger partial charge in [-0.15, -0.1) is 0 Å². The van der Waals surface area contributed by atoms with Gasteiger partial charge in [-0.2, -0.15) is 0 Å². The summed E-state index contributed by atoms with van der Waals surface area (Å²) in [6.07, 6.45) is 6.18. The number of β-amino-alcohol motifs (C(OH)–C–C–N with tert-alkyl or cyclic N) is 1. The summed E-state index contributed by atoms with van der Waals surface area (Å²) in [6, 6.07) is 5.22. The predicted octanol–water partition coefficient (Wildman–Crippen LogP) is 3.55. The monoisotopic (exact) mass is 481 g/mol. The molecule has 176 valence electrons. The lowest BCUT2D eigenvalue weighted by Gasteiger charge is -2.34. The first kappa shape index (κ1) is 25.0. The molecule has 2 saturated heterocycles. The summed E-state index contributed by atoms with van der Waals surface area (Å²) in [5.41, 5.74) is 0.802. The van der Waals surface area contributed by atoms with Crippen LogP contribution in [0.25, 0.3) is 6.08 Å². The van der Waals surface area contributed by atoms with E-state index in [1.54, 1.807) is 29.2 Å². The van der Waals surface area contributed by atoms with Crippen molar-refractivity contribution >= 4 is 41.1 Å². The number of hydrogen-bond acceptors (Lipinski definition) is 4. The van der Waals surface area contributed by atoms with Crippen LogP contribution in [-0.2, 0) is 9.59 Å². The number of halogens is 2. The molecule has 0 aromatic heterocycles.